The van der Waals surface area contributed by atoms with Crippen molar-refractivity contribution in [3.63, 3.8) is 0 Å². The highest BCUT2D eigenvalue weighted by molar-refractivity contribution is 6.32. The molecular formula is C95H105Cl2F5N26O2. The summed E-state index contributed by atoms with van der Waals surface area (Å²) < 4.78 is 75.9. The van der Waals surface area contributed by atoms with E-state index in [1.165, 1.54) is 62.1 Å². The lowest BCUT2D eigenvalue weighted by molar-refractivity contribution is -0.0498. The highest BCUT2D eigenvalue weighted by atomic mass is 35.5. The summed E-state index contributed by atoms with van der Waals surface area (Å²) in [4.78, 5) is 57.2. The number of hydrogen-bond acceptors (Lipinski definition) is 23. The molecule has 130 heavy (non-hydrogen) atoms. The normalized spacial score (nSPS) is 16.9. The summed E-state index contributed by atoms with van der Waals surface area (Å²) in [6.07, 6.45) is 22.6. The molecule has 676 valence electrons. The lowest BCUT2D eigenvalue weighted by Crippen LogP contribution is -2.38. The zero-order valence-corrected chi connectivity index (χ0v) is 76.2. The van der Waals surface area contributed by atoms with Crippen molar-refractivity contribution in [2.45, 2.75) is 153 Å². The lowest BCUT2D eigenvalue weighted by Gasteiger charge is -2.39. The fourth-order valence-corrected chi connectivity index (χ4v) is 17.1. The van der Waals surface area contributed by atoms with Gasteiger partial charge < -0.3 is 34.0 Å². The molecular weight excluding hydrogens is 1700 g/mol. The van der Waals surface area contributed by atoms with Gasteiger partial charge in [-0.3, -0.25) is 25.5 Å². The Balaban J connectivity index is 0.000000119. The number of ether oxygens (including phenoxy) is 2. The SMILES string of the molecule is CC1(C)CCN(c2cnc3c(-c4cc(Cl)ccc4F)[nH]nc3n2)CC1.CC1(C)CCN(c2cnc3c(-c4ccc(OC(F)F)cc4)[nH]nc3n2)CC1.CCC1(C)CCN(c2cnc3c(-c4cccc(Cl)c4C#N)[nH]nc3n2)CC1.CCC1(C)CCN(c2cnc3c(-c4cccc(F)c4F)[nH]nc3n2)CC1.COc1ccc(-c2[nH]nc3nc(N4CCC(C)(C)CC4)cnc23)cc1. The van der Waals surface area contributed by atoms with Gasteiger partial charge in [-0.15, -0.1) is 0 Å². The number of anilines is 5. The maximum absolute atomic E-state index is 14.1. The van der Waals surface area contributed by atoms with E-state index in [-0.39, 0.29) is 17.1 Å². The summed E-state index contributed by atoms with van der Waals surface area (Å²) in [5.41, 5.74) is 14.1. The molecule has 28 nitrogen and oxygen atoms in total. The molecule has 0 aliphatic carbocycles. The minimum atomic E-state index is -2.84. The summed E-state index contributed by atoms with van der Waals surface area (Å²) in [6.45, 7) is 29.8. The molecule has 0 saturated carbocycles. The second kappa shape index (κ2) is 38.1. The van der Waals surface area contributed by atoms with E-state index in [1.54, 1.807) is 56.2 Å². The van der Waals surface area contributed by atoms with E-state index in [0.29, 0.717) is 127 Å². The summed E-state index contributed by atoms with van der Waals surface area (Å²) >= 11 is 12.2. The van der Waals surface area contributed by atoms with Crippen LogP contribution in [0.4, 0.5) is 51.0 Å². The molecule has 35 heteroatoms. The summed E-state index contributed by atoms with van der Waals surface area (Å²) in [5, 5.41) is 46.2. The molecule has 0 radical (unpaired) electrons. The first-order valence-corrected chi connectivity index (χ1v) is 44.8. The van der Waals surface area contributed by atoms with Crippen LogP contribution in [0.25, 0.3) is 112 Å². The Morgan fingerprint density at radius 1 is 0.400 bits per heavy atom. The molecule has 5 aliphatic rings. The average Bonchev–Trinajstić information content (AvgIpc) is 1.63. The Bertz CT molecular complexity index is 6520. The number of hydrogen-bond donors (Lipinski definition) is 5. The van der Waals surface area contributed by atoms with Crippen molar-refractivity contribution < 1.29 is 31.4 Å². The van der Waals surface area contributed by atoms with E-state index >= 15 is 0 Å². The Labute approximate surface area is 759 Å². The highest BCUT2D eigenvalue weighted by Crippen LogP contribution is 2.42. The lowest BCUT2D eigenvalue weighted by atomic mass is 9.78. The van der Waals surface area contributed by atoms with Crippen LogP contribution < -0.4 is 34.0 Å². The number of nitrogens with zero attached hydrogens (tertiary/aromatic N) is 21. The first kappa shape index (κ1) is 90.5. The van der Waals surface area contributed by atoms with Gasteiger partial charge in [-0.25, -0.2) is 63.0 Å². The van der Waals surface area contributed by atoms with E-state index in [1.807, 2.05) is 42.6 Å². The maximum atomic E-state index is 14.1. The third-order valence-corrected chi connectivity index (χ3v) is 27.0. The van der Waals surface area contributed by atoms with Crippen molar-refractivity contribution in [2.24, 2.45) is 27.1 Å². The van der Waals surface area contributed by atoms with Crippen LogP contribution >= 0.6 is 23.2 Å². The standard InChI is InChI=1S/C20H21ClN6.C19H21F2N5O.C19H21F2N5.C19H23N5O.C18H19ClFN5/c1-3-20(2)7-9-27(10-8-20)16-12-23-18-17(25-26-19(18)24-16)13-5-4-6-15(21)14(13)11-22;1-19(2)7-9-26(10-8-19)14-11-22-16-15(24-25-17(16)23-14)12-3-5-13(6-4-12)27-18(20)21;1-3-19(2)7-9-26(10-8-19)14-11-22-17-16(24-25-18(17)23-14)12-5-4-6-13(20)15(12)21;1-19(2)8-10-24(11-9-19)15-12-20-17-16(22-23-18(17)21-15)13-4-6-14(25-3)7-5-13;1-18(2)5-7-25(8-6-18)14-10-21-16-15(23-24-17(16)22-14)12-9-11(19)3-4-13(12)20/h4-6,12H,3,7-10H2,1-2H3,(H,24,25,26);3-6,11,18H,7-10H2,1-2H3,(H,23,24,25);4-6,11H,3,7-10H2,1-2H3,(H,23,24,25);4-7,12H,8-11H2,1-3H3,(H,21,22,23);3-4,9-10H,5-8H2,1-2H3,(H,22,23,24). The number of fused-ring (bicyclic) bond motifs is 5. The quantitative estimate of drug-likeness (QED) is 0.0595. The van der Waals surface area contributed by atoms with Gasteiger partial charge in [0.15, 0.2) is 11.6 Å². The first-order valence-electron chi connectivity index (χ1n) is 44.0. The van der Waals surface area contributed by atoms with E-state index < -0.39 is 18.2 Å². The fraction of sp³-hybridized carbons (Fsp3) is 0.411. The van der Waals surface area contributed by atoms with Crippen molar-refractivity contribution in [3.05, 3.63) is 167 Å². The van der Waals surface area contributed by atoms with Gasteiger partial charge in [-0.05, 0) is 176 Å². The van der Waals surface area contributed by atoms with Crippen molar-refractivity contribution in [2.75, 3.05) is 97.1 Å². The van der Waals surface area contributed by atoms with Crippen molar-refractivity contribution in [1.29, 1.82) is 5.26 Å². The maximum Gasteiger partial charge on any atom is 0.387 e. The van der Waals surface area contributed by atoms with Crippen LogP contribution in [0.3, 0.4) is 0 Å². The average molecular weight is 1810 g/mol. The second-order valence-electron chi connectivity index (χ2n) is 36.9. The first-order chi connectivity index (χ1) is 62.4. The number of H-pyrrole nitrogens is 5. The number of alkyl halides is 2. The minimum absolute atomic E-state index is 0.103. The number of nitriles is 1. The molecule has 5 N–H and O–H groups in total. The van der Waals surface area contributed by atoms with E-state index in [9.17, 15) is 27.2 Å². The molecule has 0 atom stereocenters. The number of piperidine rings is 5. The molecule has 0 unspecified atom stereocenters. The molecule has 15 heterocycles. The summed E-state index contributed by atoms with van der Waals surface area (Å²) in [5.74, 6) is 2.92. The fourth-order valence-electron chi connectivity index (χ4n) is 16.7. The van der Waals surface area contributed by atoms with Gasteiger partial charge in [0.2, 0.25) is 28.2 Å². The molecule has 15 aromatic rings. The molecule has 5 saturated heterocycles. The highest BCUT2D eigenvalue weighted by Gasteiger charge is 2.35. The smallest absolute Gasteiger partial charge is 0.387 e. The molecule has 0 amide bonds. The van der Waals surface area contributed by atoms with Gasteiger partial charge >= 0.3 is 6.61 Å². The zero-order chi connectivity index (χ0) is 91.4. The Kier molecular flexibility index (Phi) is 26.5. The van der Waals surface area contributed by atoms with E-state index in [2.05, 4.69) is 195 Å². The molecule has 5 aromatic carbocycles. The Morgan fingerprint density at radius 2 is 0.723 bits per heavy atom. The number of aromatic amines is 5. The number of rotatable bonds is 15. The van der Waals surface area contributed by atoms with Crippen LogP contribution in [0, 0.1) is 55.9 Å². The van der Waals surface area contributed by atoms with Crippen LogP contribution in [-0.4, -0.2) is 180 Å². The molecule has 20 rings (SSSR count). The predicted octanol–water partition coefficient (Wildman–Crippen LogP) is 21.2. The van der Waals surface area contributed by atoms with Gasteiger partial charge in [0.05, 0.1) is 77.1 Å². The summed E-state index contributed by atoms with van der Waals surface area (Å²) in [7, 11) is 1.66. The predicted molar refractivity (Wildman–Crippen MR) is 499 cm³/mol. The number of methoxy groups -OCH3 is 1. The molecule has 5 fully saturated rings. The van der Waals surface area contributed by atoms with Crippen LogP contribution in [0.15, 0.2) is 134 Å². The van der Waals surface area contributed by atoms with Gasteiger partial charge in [-0.2, -0.15) is 39.5 Å². The third kappa shape index (κ3) is 20.3. The van der Waals surface area contributed by atoms with Crippen LogP contribution in [0.2, 0.25) is 10.0 Å². The Morgan fingerprint density at radius 3 is 1.08 bits per heavy atom. The number of halogens is 7. The van der Waals surface area contributed by atoms with Crippen LogP contribution in [0.1, 0.15) is 152 Å². The monoisotopic (exact) mass is 1810 g/mol. The van der Waals surface area contributed by atoms with Crippen molar-refractivity contribution in [3.8, 4) is 73.9 Å². The zero-order valence-electron chi connectivity index (χ0n) is 74.7. The van der Waals surface area contributed by atoms with Gasteiger partial charge in [-0.1, -0.05) is 123 Å². The Hall–Kier alpha value is -12.8. The topological polar surface area (TPSA) is 331 Å². The van der Waals surface area contributed by atoms with Gasteiger partial charge in [0.25, 0.3) is 0 Å². The second-order valence-corrected chi connectivity index (χ2v) is 37.7. The van der Waals surface area contributed by atoms with Crippen LogP contribution in [0.5, 0.6) is 11.5 Å². The van der Waals surface area contributed by atoms with E-state index in [0.717, 1.165) is 180 Å². The molecule has 0 spiro atoms. The third-order valence-electron chi connectivity index (χ3n) is 26.4. The van der Waals surface area contributed by atoms with E-state index in [4.69, 9.17) is 37.9 Å². The number of aromatic nitrogens is 20. The largest absolute Gasteiger partial charge is 0.497 e. The minimum Gasteiger partial charge on any atom is -0.497 e. The summed E-state index contributed by atoms with van der Waals surface area (Å²) in [6, 6.07) is 30.2. The van der Waals surface area contributed by atoms with Crippen molar-refractivity contribution in [1.82, 2.24) is 101 Å². The number of benzene rings is 5. The van der Waals surface area contributed by atoms with Crippen molar-refractivity contribution >= 4 is 108 Å². The molecule has 5 aliphatic heterocycles. The van der Waals surface area contributed by atoms with Gasteiger partial charge in [0.1, 0.15) is 80.1 Å². The molecule has 0 bridgehead atoms. The number of nitrogens with one attached hydrogen (secondary N) is 5. The molecule has 10 aromatic heterocycles. The van der Waals surface area contributed by atoms with Gasteiger partial charge in [0, 0.05) is 98.3 Å². The van der Waals surface area contributed by atoms with Crippen LogP contribution in [-0.2, 0) is 0 Å².